The summed E-state index contributed by atoms with van der Waals surface area (Å²) in [5.41, 5.74) is 0.955. The maximum Gasteiger partial charge on any atom is 0.226 e. The molecule has 0 aliphatic carbocycles. The van der Waals surface area contributed by atoms with E-state index in [9.17, 15) is 4.79 Å². The van der Waals surface area contributed by atoms with Crippen molar-refractivity contribution in [2.24, 2.45) is 0 Å². The quantitative estimate of drug-likeness (QED) is 0.526. The molecule has 1 saturated heterocycles. The fourth-order valence-electron chi connectivity index (χ4n) is 0.936. The van der Waals surface area contributed by atoms with Gasteiger partial charge >= 0.3 is 0 Å². The minimum atomic E-state index is 0.235. The molecule has 1 rings (SSSR count). The van der Waals surface area contributed by atoms with Crippen LogP contribution in [0.1, 0.15) is 19.8 Å². The Labute approximate surface area is 61.5 Å². The van der Waals surface area contributed by atoms with E-state index in [-0.39, 0.29) is 5.91 Å². The van der Waals surface area contributed by atoms with E-state index in [0.29, 0.717) is 6.42 Å². The molecule has 2 heteroatoms. The summed E-state index contributed by atoms with van der Waals surface area (Å²) in [7, 11) is 0. The summed E-state index contributed by atoms with van der Waals surface area (Å²) < 4.78 is 0. The van der Waals surface area contributed by atoms with E-state index < -0.39 is 0 Å². The zero-order valence-corrected chi connectivity index (χ0v) is 6.39. The van der Waals surface area contributed by atoms with Crippen LogP contribution in [0.5, 0.6) is 0 Å². The summed E-state index contributed by atoms with van der Waals surface area (Å²) in [6, 6.07) is 0. The van der Waals surface area contributed by atoms with Gasteiger partial charge in [-0.25, -0.2) is 0 Å². The van der Waals surface area contributed by atoms with Crippen molar-refractivity contribution >= 4 is 5.91 Å². The Hall–Kier alpha value is -0.790. The molecule has 1 heterocycles. The lowest BCUT2D eigenvalue weighted by atomic mass is 10.1. The van der Waals surface area contributed by atoms with Crippen molar-refractivity contribution in [3.05, 3.63) is 12.2 Å². The highest BCUT2D eigenvalue weighted by Crippen LogP contribution is 2.09. The van der Waals surface area contributed by atoms with Gasteiger partial charge in [-0.2, -0.15) is 0 Å². The van der Waals surface area contributed by atoms with Gasteiger partial charge in [0.1, 0.15) is 0 Å². The lowest BCUT2D eigenvalue weighted by molar-refractivity contribution is -0.133. The van der Waals surface area contributed by atoms with E-state index in [0.717, 1.165) is 18.7 Å². The lowest BCUT2D eigenvalue weighted by Gasteiger charge is -2.30. The Morgan fingerprint density at radius 2 is 2.20 bits per heavy atom. The molecule has 0 saturated carbocycles. The van der Waals surface area contributed by atoms with Crippen molar-refractivity contribution in [2.75, 3.05) is 13.1 Å². The predicted molar refractivity (Wildman–Crippen MR) is 40.6 cm³/mol. The average molecular weight is 139 g/mol. The zero-order chi connectivity index (χ0) is 7.56. The highest BCUT2D eigenvalue weighted by molar-refractivity contribution is 5.79. The van der Waals surface area contributed by atoms with E-state index in [1.165, 1.54) is 6.42 Å². The smallest absolute Gasteiger partial charge is 0.226 e. The van der Waals surface area contributed by atoms with Crippen molar-refractivity contribution in [1.29, 1.82) is 0 Å². The fourth-order valence-corrected chi connectivity index (χ4v) is 0.936. The Morgan fingerprint density at radius 1 is 1.60 bits per heavy atom. The van der Waals surface area contributed by atoms with Crippen LogP contribution in [0.15, 0.2) is 12.2 Å². The van der Waals surface area contributed by atoms with Gasteiger partial charge in [-0.05, 0) is 13.3 Å². The molecule has 1 aliphatic heterocycles. The van der Waals surface area contributed by atoms with E-state index in [2.05, 4.69) is 6.58 Å². The molecule has 0 aromatic rings. The lowest BCUT2D eigenvalue weighted by Crippen LogP contribution is -2.41. The molecule has 0 radical (unpaired) electrons. The molecule has 0 bridgehead atoms. The van der Waals surface area contributed by atoms with Gasteiger partial charge in [-0.15, -0.1) is 0 Å². The van der Waals surface area contributed by atoms with E-state index in [4.69, 9.17) is 0 Å². The minimum absolute atomic E-state index is 0.235. The van der Waals surface area contributed by atoms with Crippen LogP contribution in [0.25, 0.3) is 0 Å². The summed E-state index contributed by atoms with van der Waals surface area (Å²) in [5, 5.41) is 0. The van der Waals surface area contributed by atoms with Gasteiger partial charge in [0.15, 0.2) is 0 Å². The van der Waals surface area contributed by atoms with Crippen LogP contribution in [-0.2, 0) is 4.79 Å². The molecule has 0 unspecified atom stereocenters. The second-order valence-corrected chi connectivity index (χ2v) is 2.87. The molecule has 0 N–H and O–H groups in total. The normalized spacial score (nSPS) is 16.3. The summed E-state index contributed by atoms with van der Waals surface area (Å²) in [6.07, 6.45) is 1.70. The third-order valence-electron chi connectivity index (χ3n) is 1.66. The number of hydrogen-bond donors (Lipinski definition) is 0. The molecule has 2 nitrogen and oxygen atoms in total. The van der Waals surface area contributed by atoms with Gasteiger partial charge in [0, 0.05) is 19.5 Å². The highest BCUT2D eigenvalue weighted by Gasteiger charge is 2.19. The minimum Gasteiger partial charge on any atom is -0.342 e. The second-order valence-electron chi connectivity index (χ2n) is 2.87. The molecule has 10 heavy (non-hydrogen) atoms. The molecule has 56 valence electrons. The Kier molecular flexibility index (Phi) is 2.10. The largest absolute Gasteiger partial charge is 0.342 e. The Morgan fingerprint density at radius 3 is 2.50 bits per heavy atom. The van der Waals surface area contributed by atoms with Crippen LogP contribution in [0.3, 0.4) is 0 Å². The molecule has 0 aromatic heterocycles. The van der Waals surface area contributed by atoms with Crippen LogP contribution in [-0.4, -0.2) is 23.9 Å². The number of likely N-dealkylation sites (tertiary alicyclic amines) is 1. The van der Waals surface area contributed by atoms with Crippen molar-refractivity contribution in [3.8, 4) is 0 Å². The highest BCUT2D eigenvalue weighted by atomic mass is 16.2. The van der Waals surface area contributed by atoms with Crippen LogP contribution in [0.4, 0.5) is 0 Å². The molecule has 0 spiro atoms. The number of amides is 1. The van der Waals surface area contributed by atoms with E-state index >= 15 is 0 Å². The van der Waals surface area contributed by atoms with Crippen molar-refractivity contribution < 1.29 is 4.79 Å². The van der Waals surface area contributed by atoms with Crippen LogP contribution >= 0.6 is 0 Å². The van der Waals surface area contributed by atoms with Gasteiger partial charge < -0.3 is 4.90 Å². The number of nitrogens with zero attached hydrogens (tertiary/aromatic N) is 1. The molecular formula is C8H13NO. The number of carbonyl (C=O) groups excluding carboxylic acids is 1. The standard InChI is InChI=1S/C8H13NO/c1-7(2)6-8(10)9-4-3-5-9/h1,3-6H2,2H3. The summed E-state index contributed by atoms with van der Waals surface area (Å²) in [6.45, 7) is 7.48. The maximum absolute atomic E-state index is 11.1. The van der Waals surface area contributed by atoms with E-state index in [1.807, 2.05) is 11.8 Å². The molecule has 1 fully saturated rings. The van der Waals surface area contributed by atoms with Gasteiger partial charge in [0.25, 0.3) is 0 Å². The molecule has 1 aliphatic rings. The number of carbonyl (C=O) groups is 1. The van der Waals surface area contributed by atoms with Crippen molar-refractivity contribution in [2.45, 2.75) is 19.8 Å². The monoisotopic (exact) mass is 139 g/mol. The number of rotatable bonds is 2. The SMILES string of the molecule is C=C(C)CC(=O)N1CCC1. The van der Waals surface area contributed by atoms with Gasteiger partial charge in [-0.3, -0.25) is 4.79 Å². The first-order valence-electron chi connectivity index (χ1n) is 3.62. The molecule has 1 amide bonds. The van der Waals surface area contributed by atoms with Crippen LogP contribution < -0.4 is 0 Å². The predicted octanol–water partition coefficient (Wildman–Crippen LogP) is 1.18. The molecule has 0 atom stereocenters. The van der Waals surface area contributed by atoms with Crippen LogP contribution in [0.2, 0.25) is 0 Å². The zero-order valence-electron chi connectivity index (χ0n) is 6.39. The number of hydrogen-bond acceptors (Lipinski definition) is 1. The first-order chi connectivity index (χ1) is 4.70. The van der Waals surface area contributed by atoms with Gasteiger partial charge in [0.05, 0.1) is 0 Å². The molecular weight excluding hydrogens is 126 g/mol. The topological polar surface area (TPSA) is 20.3 Å². The summed E-state index contributed by atoms with van der Waals surface area (Å²) >= 11 is 0. The van der Waals surface area contributed by atoms with Gasteiger partial charge in [0.2, 0.25) is 5.91 Å². The first-order valence-corrected chi connectivity index (χ1v) is 3.62. The summed E-state index contributed by atoms with van der Waals surface area (Å²) in [4.78, 5) is 13.0. The average Bonchev–Trinajstić information content (AvgIpc) is 1.55. The van der Waals surface area contributed by atoms with Crippen molar-refractivity contribution in [1.82, 2.24) is 4.90 Å². The molecule has 0 aromatic carbocycles. The Bertz CT molecular complexity index is 159. The van der Waals surface area contributed by atoms with Crippen LogP contribution in [0, 0.1) is 0 Å². The van der Waals surface area contributed by atoms with Crippen molar-refractivity contribution in [3.63, 3.8) is 0 Å². The Balaban J connectivity index is 2.27. The second kappa shape index (κ2) is 2.86. The van der Waals surface area contributed by atoms with Gasteiger partial charge in [-0.1, -0.05) is 12.2 Å². The third-order valence-corrected chi connectivity index (χ3v) is 1.66. The fraction of sp³-hybridized carbons (Fsp3) is 0.625. The van der Waals surface area contributed by atoms with E-state index in [1.54, 1.807) is 0 Å². The maximum atomic E-state index is 11.1. The third kappa shape index (κ3) is 1.59. The summed E-state index contributed by atoms with van der Waals surface area (Å²) in [5.74, 6) is 0.235. The first kappa shape index (κ1) is 7.32.